The predicted octanol–water partition coefficient (Wildman–Crippen LogP) is 3.88. The summed E-state index contributed by atoms with van der Waals surface area (Å²) in [5.41, 5.74) is 1.11. The number of carbonyl (C=O) groups excluding carboxylic acids is 1. The Morgan fingerprint density at radius 2 is 1.83 bits per heavy atom. The van der Waals surface area contributed by atoms with E-state index in [-0.39, 0.29) is 12.8 Å². The van der Waals surface area contributed by atoms with Gasteiger partial charge in [0.25, 0.3) is 0 Å². The van der Waals surface area contributed by atoms with E-state index >= 15 is 0 Å². The summed E-state index contributed by atoms with van der Waals surface area (Å²) in [7, 11) is 1.63. The summed E-state index contributed by atoms with van der Waals surface area (Å²) >= 11 is 11.8. The first-order valence-electron chi connectivity index (χ1n) is 7.31. The topological polar surface area (TPSA) is 59.6 Å². The molecule has 7 heteroatoms. The molecule has 0 aromatic heterocycles. The normalized spacial score (nSPS) is 10.1. The Labute approximate surface area is 150 Å². The third kappa shape index (κ3) is 5.83. The molecule has 128 valence electrons. The van der Waals surface area contributed by atoms with Gasteiger partial charge in [-0.3, -0.25) is 0 Å². The fraction of sp³-hybridized carbons (Fsp3) is 0.235. The minimum absolute atomic E-state index is 0.00964. The lowest BCUT2D eigenvalue weighted by Gasteiger charge is -2.10. The molecule has 0 aliphatic carbocycles. The third-order valence-corrected chi connectivity index (χ3v) is 3.74. The van der Waals surface area contributed by atoms with Crippen LogP contribution in [0.2, 0.25) is 10.0 Å². The SMILES string of the molecule is COc1ccc(CCNC(=O)NCOc2ccc(Cl)cc2Cl)cc1. The summed E-state index contributed by atoms with van der Waals surface area (Å²) in [6.45, 7) is 0.523. The Morgan fingerprint density at radius 3 is 2.50 bits per heavy atom. The number of ether oxygens (including phenoxy) is 2. The van der Waals surface area contributed by atoms with Crippen molar-refractivity contribution in [1.82, 2.24) is 10.6 Å². The summed E-state index contributed by atoms with van der Waals surface area (Å²) < 4.78 is 10.5. The number of nitrogens with one attached hydrogen (secondary N) is 2. The Kier molecular flexibility index (Phi) is 7.03. The van der Waals surface area contributed by atoms with Gasteiger partial charge in [0.05, 0.1) is 12.1 Å². The van der Waals surface area contributed by atoms with Crippen LogP contribution in [0, 0.1) is 0 Å². The summed E-state index contributed by atoms with van der Waals surface area (Å²) in [4.78, 5) is 11.7. The number of urea groups is 1. The van der Waals surface area contributed by atoms with E-state index in [1.165, 1.54) is 0 Å². The van der Waals surface area contributed by atoms with Crippen LogP contribution < -0.4 is 20.1 Å². The summed E-state index contributed by atoms with van der Waals surface area (Å²) in [5, 5.41) is 6.27. The molecule has 0 atom stereocenters. The molecule has 5 nitrogen and oxygen atoms in total. The van der Waals surface area contributed by atoms with Crippen LogP contribution in [-0.4, -0.2) is 26.4 Å². The number of halogens is 2. The Bertz CT molecular complexity index is 678. The zero-order valence-corrected chi connectivity index (χ0v) is 14.7. The number of hydrogen-bond donors (Lipinski definition) is 2. The van der Waals surface area contributed by atoms with Gasteiger partial charge in [-0.2, -0.15) is 0 Å². The van der Waals surface area contributed by atoms with E-state index in [1.54, 1.807) is 25.3 Å². The first-order chi connectivity index (χ1) is 11.6. The van der Waals surface area contributed by atoms with Crippen LogP contribution in [0.1, 0.15) is 5.56 Å². The van der Waals surface area contributed by atoms with Crippen molar-refractivity contribution < 1.29 is 14.3 Å². The molecule has 24 heavy (non-hydrogen) atoms. The van der Waals surface area contributed by atoms with E-state index < -0.39 is 0 Å². The second kappa shape index (κ2) is 9.25. The molecule has 0 unspecified atom stereocenters. The smallest absolute Gasteiger partial charge is 0.317 e. The van der Waals surface area contributed by atoms with E-state index in [0.717, 1.165) is 17.7 Å². The lowest BCUT2D eigenvalue weighted by atomic mass is 10.1. The van der Waals surface area contributed by atoms with E-state index in [9.17, 15) is 4.79 Å². The van der Waals surface area contributed by atoms with E-state index in [4.69, 9.17) is 32.7 Å². The molecule has 2 aromatic carbocycles. The van der Waals surface area contributed by atoms with Gasteiger partial charge in [0.1, 0.15) is 11.5 Å². The van der Waals surface area contributed by atoms with Crippen molar-refractivity contribution in [2.24, 2.45) is 0 Å². The molecular formula is C17H18Cl2N2O3. The number of amides is 2. The molecule has 0 bridgehead atoms. The van der Waals surface area contributed by atoms with Crippen molar-refractivity contribution in [2.45, 2.75) is 6.42 Å². The van der Waals surface area contributed by atoms with E-state index in [1.807, 2.05) is 24.3 Å². The van der Waals surface area contributed by atoms with Crippen molar-refractivity contribution in [2.75, 3.05) is 20.4 Å². The second-order valence-electron chi connectivity index (χ2n) is 4.89. The van der Waals surface area contributed by atoms with Gasteiger partial charge in [-0.1, -0.05) is 35.3 Å². The molecular weight excluding hydrogens is 351 g/mol. The molecule has 0 radical (unpaired) electrons. The highest BCUT2D eigenvalue weighted by atomic mass is 35.5. The molecule has 2 amide bonds. The van der Waals surface area contributed by atoms with Gasteiger partial charge in [0.2, 0.25) is 0 Å². The maximum Gasteiger partial charge on any atom is 0.317 e. The van der Waals surface area contributed by atoms with Gasteiger partial charge in [0.15, 0.2) is 6.73 Å². The lowest BCUT2D eigenvalue weighted by Crippen LogP contribution is -2.38. The molecule has 2 rings (SSSR count). The van der Waals surface area contributed by atoms with Crippen LogP contribution in [0.15, 0.2) is 42.5 Å². The first-order valence-corrected chi connectivity index (χ1v) is 8.06. The van der Waals surface area contributed by atoms with E-state index in [2.05, 4.69) is 10.6 Å². The highest BCUT2D eigenvalue weighted by Gasteiger charge is 2.04. The number of carbonyl (C=O) groups is 1. The molecule has 2 N–H and O–H groups in total. The molecule has 2 aromatic rings. The monoisotopic (exact) mass is 368 g/mol. The Morgan fingerprint density at radius 1 is 1.08 bits per heavy atom. The van der Waals surface area contributed by atoms with Crippen LogP contribution in [0.5, 0.6) is 11.5 Å². The minimum Gasteiger partial charge on any atom is -0.497 e. The van der Waals surface area contributed by atoms with Crippen LogP contribution in [0.4, 0.5) is 4.79 Å². The van der Waals surface area contributed by atoms with Crippen LogP contribution in [-0.2, 0) is 6.42 Å². The maximum atomic E-state index is 11.7. The predicted molar refractivity (Wildman–Crippen MR) is 95.2 cm³/mol. The fourth-order valence-corrected chi connectivity index (χ4v) is 2.41. The molecule has 0 saturated heterocycles. The van der Waals surface area contributed by atoms with Crippen LogP contribution in [0.25, 0.3) is 0 Å². The first kappa shape index (κ1) is 18.2. The molecule has 0 heterocycles. The summed E-state index contributed by atoms with van der Waals surface area (Å²) in [6.07, 6.45) is 0.723. The Hall–Kier alpha value is -2.11. The van der Waals surface area contributed by atoms with Crippen LogP contribution >= 0.6 is 23.2 Å². The quantitative estimate of drug-likeness (QED) is 0.729. The second-order valence-corrected chi connectivity index (χ2v) is 5.74. The zero-order chi connectivity index (χ0) is 17.4. The molecule has 0 saturated carbocycles. The van der Waals surface area contributed by atoms with Crippen molar-refractivity contribution >= 4 is 29.2 Å². The number of hydrogen-bond acceptors (Lipinski definition) is 3. The highest BCUT2D eigenvalue weighted by molar-refractivity contribution is 6.35. The molecule has 0 spiro atoms. The molecule has 0 aliphatic heterocycles. The number of methoxy groups -OCH3 is 1. The molecule has 0 aliphatic rings. The van der Waals surface area contributed by atoms with Crippen molar-refractivity contribution in [3.8, 4) is 11.5 Å². The largest absolute Gasteiger partial charge is 0.497 e. The van der Waals surface area contributed by atoms with Gasteiger partial charge in [0, 0.05) is 11.6 Å². The van der Waals surface area contributed by atoms with Gasteiger partial charge in [-0.05, 0) is 42.3 Å². The zero-order valence-electron chi connectivity index (χ0n) is 13.1. The standard InChI is InChI=1S/C17H18Cl2N2O3/c1-23-14-5-2-12(3-6-14)8-9-20-17(22)21-11-24-16-7-4-13(18)10-15(16)19/h2-7,10H,8-9,11H2,1H3,(H2,20,21,22). The van der Waals surface area contributed by atoms with Gasteiger partial charge in [-0.25, -0.2) is 4.79 Å². The highest BCUT2D eigenvalue weighted by Crippen LogP contribution is 2.27. The van der Waals surface area contributed by atoms with Crippen molar-refractivity contribution in [3.63, 3.8) is 0 Å². The average molecular weight is 369 g/mol. The maximum absolute atomic E-state index is 11.7. The van der Waals surface area contributed by atoms with Gasteiger partial charge < -0.3 is 20.1 Å². The Balaban J connectivity index is 1.66. The average Bonchev–Trinajstić information content (AvgIpc) is 2.57. The van der Waals surface area contributed by atoms with Crippen LogP contribution in [0.3, 0.4) is 0 Å². The summed E-state index contributed by atoms with van der Waals surface area (Å²) in [6, 6.07) is 12.3. The van der Waals surface area contributed by atoms with Crippen molar-refractivity contribution in [1.29, 1.82) is 0 Å². The lowest BCUT2D eigenvalue weighted by molar-refractivity contribution is 0.224. The van der Waals surface area contributed by atoms with E-state index in [0.29, 0.717) is 22.3 Å². The summed E-state index contributed by atoms with van der Waals surface area (Å²) in [5.74, 6) is 1.27. The minimum atomic E-state index is -0.311. The van der Waals surface area contributed by atoms with Gasteiger partial charge in [-0.15, -0.1) is 0 Å². The van der Waals surface area contributed by atoms with Gasteiger partial charge >= 0.3 is 6.03 Å². The number of rotatable bonds is 7. The third-order valence-electron chi connectivity index (χ3n) is 3.21. The molecule has 0 fully saturated rings. The van der Waals surface area contributed by atoms with Crippen molar-refractivity contribution in [3.05, 3.63) is 58.1 Å². The number of benzene rings is 2. The fourth-order valence-electron chi connectivity index (χ4n) is 1.95.